The molecule has 1 aromatic heterocycles. The summed E-state index contributed by atoms with van der Waals surface area (Å²) in [6, 6.07) is -0.0259. The average molecular weight is 225 g/mol. The van der Waals surface area contributed by atoms with Crippen molar-refractivity contribution in [3.63, 3.8) is 0 Å². The van der Waals surface area contributed by atoms with E-state index in [2.05, 4.69) is 15.8 Å². The van der Waals surface area contributed by atoms with E-state index >= 15 is 0 Å². The normalized spacial score (nSPS) is 24.6. The summed E-state index contributed by atoms with van der Waals surface area (Å²) in [6.45, 7) is 3.24. The van der Waals surface area contributed by atoms with Gasteiger partial charge in [-0.2, -0.15) is 0 Å². The lowest BCUT2D eigenvalue weighted by Gasteiger charge is -2.17. The molecule has 6 nitrogen and oxygen atoms in total. The fourth-order valence-electron chi connectivity index (χ4n) is 1.79. The number of hydrogen-bond acceptors (Lipinski definition) is 5. The Morgan fingerprint density at radius 1 is 1.69 bits per heavy atom. The van der Waals surface area contributed by atoms with Crippen molar-refractivity contribution in [1.29, 1.82) is 0 Å². The number of methoxy groups -OCH3 is 1. The maximum atomic E-state index is 11.8. The fraction of sp³-hybridized carbons (Fsp3) is 0.600. The van der Waals surface area contributed by atoms with Crippen LogP contribution in [0.15, 0.2) is 10.7 Å². The van der Waals surface area contributed by atoms with Gasteiger partial charge in [-0.1, -0.05) is 5.16 Å². The average Bonchev–Trinajstić information content (AvgIpc) is 2.86. The number of carbonyl (C=O) groups is 1. The second kappa shape index (κ2) is 4.63. The predicted molar refractivity (Wildman–Crippen MR) is 56.2 cm³/mol. The minimum atomic E-state index is -0.245. The minimum absolute atomic E-state index is 0.00665. The number of carbonyl (C=O) groups excluding carboxylic acids is 1. The van der Waals surface area contributed by atoms with Crippen LogP contribution in [-0.2, 0) is 4.74 Å². The summed E-state index contributed by atoms with van der Waals surface area (Å²) < 4.78 is 10.1. The van der Waals surface area contributed by atoms with E-state index in [0.29, 0.717) is 6.54 Å². The second-order valence-corrected chi connectivity index (χ2v) is 3.85. The Labute approximate surface area is 93.3 Å². The van der Waals surface area contributed by atoms with Gasteiger partial charge < -0.3 is 19.9 Å². The zero-order valence-corrected chi connectivity index (χ0v) is 9.32. The van der Waals surface area contributed by atoms with Crippen LogP contribution in [0.5, 0.6) is 0 Å². The molecule has 0 radical (unpaired) electrons. The Balaban J connectivity index is 2.00. The topological polar surface area (TPSA) is 76.4 Å². The predicted octanol–water partition coefficient (Wildman–Crippen LogP) is -0.300. The van der Waals surface area contributed by atoms with Gasteiger partial charge in [0.25, 0.3) is 5.91 Å². The van der Waals surface area contributed by atoms with Crippen LogP contribution in [0.4, 0.5) is 0 Å². The number of nitrogens with zero attached hydrogens (tertiary/aromatic N) is 1. The molecule has 0 spiro atoms. The Kier molecular flexibility index (Phi) is 3.21. The van der Waals surface area contributed by atoms with Gasteiger partial charge in [-0.25, -0.2) is 0 Å². The third-order valence-corrected chi connectivity index (χ3v) is 2.73. The maximum Gasteiger partial charge on any atom is 0.290 e. The molecule has 16 heavy (non-hydrogen) atoms. The molecule has 0 aromatic carbocycles. The molecule has 1 aliphatic rings. The molecule has 6 heteroatoms. The van der Waals surface area contributed by atoms with E-state index < -0.39 is 0 Å². The van der Waals surface area contributed by atoms with Gasteiger partial charge in [0, 0.05) is 25.8 Å². The maximum absolute atomic E-state index is 11.8. The number of rotatable bonds is 3. The molecule has 1 amide bonds. The lowest BCUT2D eigenvalue weighted by Crippen LogP contribution is -2.43. The summed E-state index contributed by atoms with van der Waals surface area (Å²) >= 11 is 0. The molecule has 1 aliphatic heterocycles. The molecule has 2 heterocycles. The first-order valence-corrected chi connectivity index (χ1v) is 5.18. The molecule has 2 rings (SSSR count). The molecule has 2 N–H and O–H groups in total. The van der Waals surface area contributed by atoms with E-state index in [1.54, 1.807) is 14.0 Å². The van der Waals surface area contributed by atoms with E-state index in [9.17, 15) is 4.79 Å². The van der Waals surface area contributed by atoms with Crippen LogP contribution in [-0.4, -0.2) is 43.4 Å². The summed E-state index contributed by atoms with van der Waals surface area (Å²) in [5.41, 5.74) is 0.734. The third kappa shape index (κ3) is 2.07. The van der Waals surface area contributed by atoms with E-state index in [4.69, 9.17) is 9.26 Å². The number of amides is 1. The first kappa shape index (κ1) is 11.1. The summed E-state index contributed by atoms with van der Waals surface area (Å²) in [6.07, 6.45) is 1.53. The van der Waals surface area contributed by atoms with Gasteiger partial charge >= 0.3 is 0 Å². The van der Waals surface area contributed by atoms with Crippen LogP contribution in [0.3, 0.4) is 0 Å². The largest absolute Gasteiger partial charge is 0.378 e. The van der Waals surface area contributed by atoms with Gasteiger partial charge in [0.1, 0.15) is 0 Å². The van der Waals surface area contributed by atoms with Crippen molar-refractivity contribution in [3.8, 4) is 0 Å². The first-order chi connectivity index (χ1) is 7.72. The summed E-state index contributed by atoms with van der Waals surface area (Å²) in [5, 5.41) is 9.59. The van der Waals surface area contributed by atoms with Crippen LogP contribution in [0.2, 0.25) is 0 Å². The Morgan fingerprint density at radius 2 is 2.50 bits per heavy atom. The molecular formula is C10H15N3O3. The minimum Gasteiger partial charge on any atom is -0.378 e. The SMILES string of the molecule is CO[C@H]1CNCC1NC(=O)c1oncc1C. The van der Waals surface area contributed by atoms with Gasteiger partial charge in [0.15, 0.2) is 0 Å². The van der Waals surface area contributed by atoms with E-state index in [-0.39, 0.29) is 23.8 Å². The molecule has 0 saturated carbocycles. The van der Waals surface area contributed by atoms with Crippen molar-refractivity contribution < 1.29 is 14.1 Å². The van der Waals surface area contributed by atoms with Crippen molar-refractivity contribution in [2.24, 2.45) is 0 Å². The summed E-state index contributed by atoms with van der Waals surface area (Å²) in [4.78, 5) is 11.8. The second-order valence-electron chi connectivity index (χ2n) is 3.85. The number of hydrogen-bond donors (Lipinski definition) is 2. The number of aromatic nitrogens is 1. The van der Waals surface area contributed by atoms with Crippen molar-refractivity contribution in [2.45, 2.75) is 19.1 Å². The Hall–Kier alpha value is -1.40. The lowest BCUT2D eigenvalue weighted by atomic mass is 10.2. The van der Waals surface area contributed by atoms with Crippen molar-refractivity contribution in [2.75, 3.05) is 20.2 Å². The lowest BCUT2D eigenvalue weighted by molar-refractivity contribution is 0.0753. The van der Waals surface area contributed by atoms with Crippen LogP contribution < -0.4 is 10.6 Å². The number of aryl methyl sites for hydroxylation is 1. The molecule has 88 valence electrons. The third-order valence-electron chi connectivity index (χ3n) is 2.73. The van der Waals surface area contributed by atoms with Crippen LogP contribution in [0.25, 0.3) is 0 Å². The van der Waals surface area contributed by atoms with Crippen molar-refractivity contribution in [1.82, 2.24) is 15.8 Å². The summed E-state index contributed by atoms with van der Waals surface area (Å²) in [7, 11) is 1.64. The zero-order chi connectivity index (χ0) is 11.5. The van der Waals surface area contributed by atoms with Crippen LogP contribution >= 0.6 is 0 Å². The highest BCUT2D eigenvalue weighted by atomic mass is 16.5. The van der Waals surface area contributed by atoms with E-state index in [1.165, 1.54) is 6.20 Å². The van der Waals surface area contributed by atoms with Crippen LogP contribution in [0, 0.1) is 6.92 Å². The smallest absolute Gasteiger partial charge is 0.290 e. The molecule has 1 fully saturated rings. The molecule has 0 aliphatic carbocycles. The fourth-order valence-corrected chi connectivity index (χ4v) is 1.79. The van der Waals surface area contributed by atoms with E-state index in [0.717, 1.165) is 12.1 Å². The molecule has 0 bridgehead atoms. The first-order valence-electron chi connectivity index (χ1n) is 5.18. The van der Waals surface area contributed by atoms with Gasteiger partial charge in [-0.3, -0.25) is 4.79 Å². The standard InChI is InChI=1S/C10H15N3O3/c1-6-3-12-16-9(6)10(14)13-7-4-11-5-8(7)15-2/h3,7-8,11H,4-5H2,1-2H3,(H,13,14)/t7?,8-/m0/s1. The van der Waals surface area contributed by atoms with E-state index in [1.807, 2.05) is 0 Å². The Morgan fingerprint density at radius 3 is 3.12 bits per heavy atom. The highest BCUT2D eigenvalue weighted by Crippen LogP contribution is 2.08. The van der Waals surface area contributed by atoms with Gasteiger partial charge in [-0.15, -0.1) is 0 Å². The van der Waals surface area contributed by atoms with Gasteiger partial charge in [0.05, 0.1) is 18.3 Å². The summed E-state index contributed by atoms with van der Waals surface area (Å²) in [5.74, 6) is 0.0208. The van der Waals surface area contributed by atoms with Crippen molar-refractivity contribution in [3.05, 3.63) is 17.5 Å². The highest BCUT2D eigenvalue weighted by Gasteiger charge is 2.29. The van der Waals surface area contributed by atoms with Gasteiger partial charge in [0.2, 0.25) is 5.76 Å². The molecule has 1 unspecified atom stereocenters. The zero-order valence-electron chi connectivity index (χ0n) is 9.32. The molecule has 1 aromatic rings. The molecule has 2 atom stereocenters. The molecule has 1 saturated heterocycles. The number of nitrogens with one attached hydrogen (secondary N) is 2. The molecular weight excluding hydrogens is 210 g/mol. The van der Waals surface area contributed by atoms with Crippen molar-refractivity contribution >= 4 is 5.91 Å². The van der Waals surface area contributed by atoms with Gasteiger partial charge in [-0.05, 0) is 6.92 Å². The Bertz CT molecular complexity index is 377. The van der Waals surface area contributed by atoms with Crippen LogP contribution in [0.1, 0.15) is 16.1 Å². The quantitative estimate of drug-likeness (QED) is 0.738. The highest BCUT2D eigenvalue weighted by molar-refractivity contribution is 5.92. The number of ether oxygens (including phenoxy) is 1. The monoisotopic (exact) mass is 225 g/mol.